The number of benzene rings is 1. The quantitative estimate of drug-likeness (QED) is 0.449. The van der Waals surface area contributed by atoms with Crippen LogP contribution in [0.4, 0.5) is 4.79 Å². The molecule has 1 rings (SSSR count). The zero-order valence-corrected chi connectivity index (χ0v) is 19.4. The first-order valence-corrected chi connectivity index (χ1v) is 10.7. The van der Waals surface area contributed by atoms with Gasteiger partial charge in [0.1, 0.15) is 17.7 Å². The summed E-state index contributed by atoms with van der Waals surface area (Å²) in [6.07, 6.45) is 0.186. The van der Waals surface area contributed by atoms with Crippen LogP contribution < -0.4 is 16.0 Å². The van der Waals surface area contributed by atoms with E-state index < -0.39 is 35.7 Å². The van der Waals surface area contributed by atoms with Crippen LogP contribution in [-0.4, -0.2) is 53.3 Å². The predicted octanol–water partition coefficient (Wildman–Crippen LogP) is 2.15. The third kappa shape index (κ3) is 10.8. The molecule has 0 heterocycles. The molecule has 3 amide bonds. The maximum absolute atomic E-state index is 12.9. The van der Waals surface area contributed by atoms with Gasteiger partial charge in [-0.1, -0.05) is 44.2 Å². The van der Waals surface area contributed by atoms with Crippen LogP contribution in [0.25, 0.3) is 0 Å². The SMILES string of the molecule is CC(C)C[C@H](NC(=O)[C@H](C)NC(=O)OC(C)(C)C)C(=O)N[C@H](CO)Cc1ccccc1. The largest absolute Gasteiger partial charge is 0.444 e. The van der Waals surface area contributed by atoms with Gasteiger partial charge in [-0.2, -0.15) is 0 Å². The molecule has 0 unspecified atom stereocenters. The second-order valence-corrected chi connectivity index (χ2v) is 9.14. The van der Waals surface area contributed by atoms with E-state index in [0.29, 0.717) is 12.8 Å². The highest BCUT2D eigenvalue weighted by atomic mass is 16.6. The van der Waals surface area contributed by atoms with Gasteiger partial charge in [0, 0.05) is 0 Å². The van der Waals surface area contributed by atoms with Gasteiger partial charge < -0.3 is 25.8 Å². The highest BCUT2D eigenvalue weighted by Gasteiger charge is 2.27. The molecule has 3 atom stereocenters. The number of aliphatic hydroxyl groups excluding tert-OH is 1. The monoisotopic (exact) mass is 435 g/mol. The second kappa shape index (κ2) is 12.3. The summed E-state index contributed by atoms with van der Waals surface area (Å²) in [6, 6.07) is 7.39. The topological polar surface area (TPSA) is 117 Å². The molecule has 0 saturated heterocycles. The molecule has 0 saturated carbocycles. The summed E-state index contributed by atoms with van der Waals surface area (Å²) in [5, 5.41) is 17.7. The van der Waals surface area contributed by atoms with Crippen molar-refractivity contribution in [2.45, 2.75) is 78.1 Å². The third-order valence-corrected chi connectivity index (χ3v) is 4.36. The van der Waals surface area contributed by atoms with Gasteiger partial charge in [-0.05, 0) is 52.0 Å². The summed E-state index contributed by atoms with van der Waals surface area (Å²) in [5.41, 5.74) is 0.305. The number of rotatable bonds is 10. The molecular weight excluding hydrogens is 398 g/mol. The van der Waals surface area contributed by atoms with Crippen molar-refractivity contribution >= 4 is 17.9 Å². The first-order valence-electron chi connectivity index (χ1n) is 10.7. The molecule has 0 radical (unpaired) electrons. The van der Waals surface area contributed by atoms with Gasteiger partial charge in [0.15, 0.2) is 0 Å². The minimum atomic E-state index is -0.879. The maximum atomic E-state index is 12.9. The fourth-order valence-electron chi connectivity index (χ4n) is 2.91. The molecule has 0 aliphatic rings. The summed E-state index contributed by atoms with van der Waals surface area (Å²) in [6.45, 7) is 10.4. The Balaban J connectivity index is 2.74. The van der Waals surface area contributed by atoms with Gasteiger partial charge in [-0.15, -0.1) is 0 Å². The number of carbonyl (C=O) groups excluding carboxylic acids is 3. The lowest BCUT2D eigenvalue weighted by atomic mass is 10.0. The number of ether oxygens (including phenoxy) is 1. The minimum absolute atomic E-state index is 0.145. The van der Waals surface area contributed by atoms with Crippen LogP contribution in [0.2, 0.25) is 0 Å². The average molecular weight is 436 g/mol. The van der Waals surface area contributed by atoms with Crippen molar-refractivity contribution in [3.8, 4) is 0 Å². The molecule has 31 heavy (non-hydrogen) atoms. The lowest BCUT2D eigenvalue weighted by Gasteiger charge is -2.26. The van der Waals surface area contributed by atoms with E-state index in [2.05, 4.69) is 16.0 Å². The van der Waals surface area contributed by atoms with Gasteiger partial charge in [-0.25, -0.2) is 4.79 Å². The number of hydrogen-bond acceptors (Lipinski definition) is 5. The molecular formula is C23H37N3O5. The van der Waals surface area contributed by atoms with E-state index in [9.17, 15) is 19.5 Å². The lowest BCUT2D eigenvalue weighted by molar-refractivity contribution is -0.130. The van der Waals surface area contributed by atoms with Crippen LogP contribution in [0.3, 0.4) is 0 Å². The third-order valence-electron chi connectivity index (χ3n) is 4.36. The number of alkyl carbamates (subject to hydrolysis) is 1. The van der Waals surface area contributed by atoms with Crippen LogP contribution >= 0.6 is 0 Å². The number of aliphatic hydroxyl groups is 1. The lowest BCUT2D eigenvalue weighted by Crippen LogP contribution is -2.55. The molecule has 0 fully saturated rings. The Morgan fingerprint density at radius 3 is 2.10 bits per heavy atom. The van der Waals surface area contributed by atoms with Crippen LogP contribution in [0.5, 0.6) is 0 Å². The molecule has 0 spiro atoms. The van der Waals surface area contributed by atoms with Crippen LogP contribution in [0.15, 0.2) is 30.3 Å². The Bertz CT molecular complexity index is 716. The fourth-order valence-corrected chi connectivity index (χ4v) is 2.91. The van der Waals surface area contributed by atoms with Gasteiger partial charge in [-0.3, -0.25) is 9.59 Å². The molecule has 4 N–H and O–H groups in total. The fraction of sp³-hybridized carbons (Fsp3) is 0.609. The summed E-state index contributed by atoms with van der Waals surface area (Å²) in [4.78, 5) is 37.3. The minimum Gasteiger partial charge on any atom is -0.444 e. The average Bonchev–Trinajstić information content (AvgIpc) is 2.65. The number of amides is 3. The van der Waals surface area contributed by atoms with Crippen molar-refractivity contribution in [3.63, 3.8) is 0 Å². The van der Waals surface area contributed by atoms with Gasteiger partial charge in [0.2, 0.25) is 11.8 Å². The van der Waals surface area contributed by atoms with Crippen LogP contribution in [0, 0.1) is 5.92 Å². The molecule has 0 aliphatic carbocycles. The number of nitrogens with one attached hydrogen (secondary N) is 3. The Morgan fingerprint density at radius 2 is 1.58 bits per heavy atom. The van der Waals surface area contributed by atoms with E-state index in [1.54, 1.807) is 20.8 Å². The number of carbonyl (C=O) groups is 3. The Labute approximate surface area is 185 Å². The molecule has 8 nitrogen and oxygen atoms in total. The first-order chi connectivity index (χ1) is 14.4. The summed E-state index contributed by atoms with van der Waals surface area (Å²) < 4.78 is 5.16. The zero-order valence-electron chi connectivity index (χ0n) is 19.4. The Kier molecular flexibility index (Phi) is 10.5. The molecule has 0 bridgehead atoms. The molecule has 174 valence electrons. The van der Waals surface area contributed by atoms with Crippen molar-refractivity contribution in [3.05, 3.63) is 35.9 Å². The Morgan fingerprint density at radius 1 is 0.968 bits per heavy atom. The maximum Gasteiger partial charge on any atom is 0.408 e. The molecule has 0 aliphatic heterocycles. The van der Waals surface area contributed by atoms with Crippen molar-refractivity contribution < 1.29 is 24.2 Å². The van der Waals surface area contributed by atoms with E-state index in [1.807, 2.05) is 44.2 Å². The van der Waals surface area contributed by atoms with Gasteiger partial charge in [0.05, 0.1) is 12.6 Å². The van der Waals surface area contributed by atoms with E-state index in [1.165, 1.54) is 6.92 Å². The summed E-state index contributed by atoms with van der Waals surface area (Å²) in [7, 11) is 0. The molecule has 0 aromatic heterocycles. The van der Waals surface area contributed by atoms with Gasteiger partial charge >= 0.3 is 6.09 Å². The van der Waals surface area contributed by atoms with E-state index in [0.717, 1.165) is 5.56 Å². The molecule has 8 heteroatoms. The summed E-state index contributed by atoms with van der Waals surface area (Å²) in [5.74, 6) is -0.719. The van der Waals surface area contributed by atoms with E-state index >= 15 is 0 Å². The Hall–Kier alpha value is -2.61. The van der Waals surface area contributed by atoms with Gasteiger partial charge in [0.25, 0.3) is 0 Å². The highest BCUT2D eigenvalue weighted by molar-refractivity contribution is 5.91. The van der Waals surface area contributed by atoms with Crippen molar-refractivity contribution in [1.82, 2.24) is 16.0 Å². The molecule has 1 aromatic carbocycles. The summed E-state index contributed by atoms with van der Waals surface area (Å²) >= 11 is 0. The van der Waals surface area contributed by atoms with Crippen molar-refractivity contribution in [2.75, 3.05) is 6.61 Å². The standard InChI is InChI=1S/C23H37N3O5/c1-15(2)12-19(26-20(28)16(3)24-22(30)31-23(4,5)6)21(29)25-18(14-27)13-17-10-8-7-9-11-17/h7-11,15-16,18-19,27H,12-14H2,1-6H3,(H,24,30)(H,25,29)(H,26,28)/t16-,18-,19-/m0/s1. The van der Waals surface area contributed by atoms with Crippen molar-refractivity contribution in [1.29, 1.82) is 0 Å². The number of hydrogen-bond donors (Lipinski definition) is 4. The zero-order chi connectivity index (χ0) is 23.6. The smallest absolute Gasteiger partial charge is 0.408 e. The predicted molar refractivity (Wildman–Crippen MR) is 119 cm³/mol. The van der Waals surface area contributed by atoms with Crippen LogP contribution in [0.1, 0.15) is 53.5 Å². The normalized spacial score (nSPS) is 14.3. The highest BCUT2D eigenvalue weighted by Crippen LogP contribution is 2.09. The van der Waals surface area contributed by atoms with Crippen molar-refractivity contribution in [2.24, 2.45) is 5.92 Å². The van der Waals surface area contributed by atoms with E-state index in [4.69, 9.17) is 4.74 Å². The first kappa shape index (κ1) is 26.4. The van der Waals surface area contributed by atoms with E-state index in [-0.39, 0.29) is 18.4 Å². The second-order valence-electron chi connectivity index (χ2n) is 9.14. The van der Waals surface area contributed by atoms with Crippen LogP contribution in [-0.2, 0) is 20.7 Å². The molecule has 1 aromatic rings.